The van der Waals surface area contributed by atoms with E-state index in [2.05, 4.69) is 21.3 Å². The van der Waals surface area contributed by atoms with E-state index < -0.39 is 41.4 Å². The van der Waals surface area contributed by atoms with Crippen LogP contribution in [0.25, 0.3) is 0 Å². The van der Waals surface area contributed by atoms with Crippen LogP contribution in [0.2, 0.25) is 0 Å². The molecule has 0 radical (unpaired) electrons. The number of nitriles is 1. The average Bonchev–Trinajstić information content (AvgIpc) is 2.59. The van der Waals surface area contributed by atoms with E-state index >= 15 is 0 Å². The second-order valence-electron chi connectivity index (χ2n) is 5.83. The van der Waals surface area contributed by atoms with Crippen molar-refractivity contribution in [1.29, 1.82) is 5.26 Å². The maximum Gasteiger partial charge on any atom is 0.239 e. The van der Waals surface area contributed by atoms with E-state index in [1.54, 1.807) is 0 Å². The minimum Gasteiger partial charge on any atom is -0.302 e. The molecule has 0 spiro atoms. The molecule has 0 bridgehead atoms. The van der Waals surface area contributed by atoms with Crippen molar-refractivity contribution in [1.82, 2.24) is 21.3 Å². The average molecular weight is 401 g/mol. The molecule has 2 aliphatic heterocycles. The number of rotatable bonds is 3. The SMILES string of the molecule is N#Cc1ccc(C(C2C(=O)NC(=S)NC2=O)C2C(=O)NC(=S)NC2=O)cc1. The summed E-state index contributed by atoms with van der Waals surface area (Å²) >= 11 is 9.58. The van der Waals surface area contributed by atoms with E-state index in [9.17, 15) is 19.2 Å². The largest absolute Gasteiger partial charge is 0.302 e. The van der Waals surface area contributed by atoms with Gasteiger partial charge in [0.05, 0.1) is 11.6 Å². The lowest BCUT2D eigenvalue weighted by Crippen LogP contribution is -2.62. The molecule has 0 saturated carbocycles. The van der Waals surface area contributed by atoms with Gasteiger partial charge in [-0.1, -0.05) is 12.1 Å². The molecule has 27 heavy (non-hydrogen) atoms. The van der Waals surface area contributed by atoms with Crippen LogP contribution in [-0.4, -0.2) is 33.9 Å². The van der Waals surface area contributed by atoms with Crippen molar-refractivity contribution in [3.05, 3.63) is 35.4 Å². The smallest absolute Gasteiger partial charge is 0.239 e. The van der Waals surface area contributed by atoms with Gasteiger partial charge in [-0.2, -0.15) is 5.26 Å². The first-order valence-electron chi connectivity index (χ1n) is 7.63. The van der Waals surface area contributed by atoms with Crippen LogP contribution in [0.15, 0.2) is 24.3 Å². The van der Waals surface area contributed by atoms with E-state index in [0.717, 1.165) is 0 Å². The predicted octanol–water partition coefficient (Wildman–Crippen LogP) is -1.06. The molecule has 2 saturated heterocycles. The zero-order chi connectivity index (χ0) is 19.7. The molecular weight excluding hydrogens is 390 g/mol. The van der Waals surface area contributed by atoms with Crippen LogP contribution < -0.4 is 21.3 Å². The molecule has 2 heterocycles. The number of benzene rings is 1. The van der Waals surface area contributed by atoms with Gasteiger partial charge >= 0.3 is 0 Å². The van der Waals surface area contributed by atoms with Crippen LogP contribution in [0, 0.1) is 23.2 Å². The summed E-state index contributed by atoms with van der Waals surface area (Å²) in [5.74, 6) is -6.84. The molecule has 3 rings (SSSR count). The van der Waals surface area contributed by atoms with Crippen LogP contribution in [0.4, 0.5) is 0 Å². The fraction of sp³-hybridized carbons (Fsp3) is 0.188. The van der Waals surface area contributed by atoms with Gasteiger partial charge in [0.25, 0.3) is 0 Å². The molecule has 2 fully saturated rings. The van der Waals surface area contributed by atoms with E-state index in [1.807, 2.05) is 6.07 Å². The molecule has 4 N–H and O–H groups in total. The summed E-state index contributed by atoms with van der Waals surface area (Å²) in [7, 11) is 0. The Bertz CT molecular complexity index is 849. The van der Waals surface area contributed by atoms with E-state index in [-0.39, 0.29) is 10.2 Å². The molecule has 0 aliphatic carbocycles. The summed E-state index contributed by atoms with van der Waals surface area (Å²) in [5.41, 5.74) is 0.704. The van der Waals surface area contributed by atoms with E-state index in [1.165, 1.54) is 24.3 Å². The summed E-state index contributed by atoms with van der Waals surface area (Å²) in [6, 6.07) is 7.86. The molecule has 4 amide bonds. The zero-order valence-corrected chi connectivity index (χ0v) is 15.1. The maximum atomic E-state index is 12.5. The molecule has 11 heteroatoms. The molecule has 0 aromatic heterocycles. The third-order valence-electron chi connectivity index (χ3n) is 4.22. The molecule has 1 aromatic rings. The lowest BCUT2D eigenvalue weighted by molar-refractivity contribution is -0.140. The maximum absolute atomic E-state index is 12.5. The topological polar surface area (TPSA) is 140 Å². The quantitative estimate of drug-likeness (QED) is 0.374. The summed E-state index contributed by atoms with van der Waals surface area (Å²) in [5, 5.41) is 18.0. The number of hydrogen-bond acceptors (Lipinski definition) is 7. The number of carbonyl (C=O) groups excluding carboxylic acids is 4. The second-order valence-corrected chi connectivity index (χ2v) is 6.65. The van der Waals surface area contributed by atoms with Gasteiger partial charge < -0.3 is 21.3 Å². The summed E-state index contributed by atoms with van der Waals surface area (Å²) in [6.07, 6.45) is 0. The second kappa shape index (κ2) is 7.18. The standard InChI is InChI=1S/C16H11N5O4S2/c17-5-6-1-3-7(4-2-6)8(9-11(22)18-15(26)19-12(9)23)10-13(24)20-16(27)21-14(10)25/h1-4,8-10H,(H2,18,19,22,23,26)(H2,20,21,24,25,27). The van der Waals surface area contributed by atoms with Crippen LogP contribution in [-0.2, 0) is 19.2 Å². The van der Waals surface area contributed by atoms with Crippen LogP contribution in [0.3, 0.4) is 0 Å². The molecule has 0 unspecified atom stereocenters. The summed E-state index contributed by atoms with van der Waals surface area (Å²) < 4.78 is 0. The van der Waals surface area contributed by atoms with Crippen LogP contribution in [0.1, 0.15) is 17.0 Å². The molecule has 136 valence electrons. The van der Waals surface area contributed by atoms with Gasteiger partial charge in [0.1, 0.15) is 11.8 Å². The molecule has 0 atom stereocenters. The fourth-order valence-electron chi connectivity index (χ4n) is 3.07. The lowest BCUT2D eigenvalue weighted by Gasteiger charge is -2.35. The van der Waals surface area contributed by atoms with Gasteiger partial charge in [0.2, 0.25) is 23.6 Å². The Labute approximate surface area is 163 Å². The number of thiocarbonyl (C=S) groups is 2. The highest BCUT2D eigenvalue weighted by molar-refractivity contribution is 7.80. The zero-order valence-electron chi connectivity index (χ0n) is 13.4. The Morgan fingerprint density at radius 1 is 0.778 bits per heavy atom. The van der Waals surface area contributed by atoms with Gasteiger partial charge in [-0.25, -0.2) is 0 Å². The molecular formula is C16H11N5O4S2. The Kier molecular flexibility index (Phi) is 4.93. The third kappa shape index (κ3) is 3.53. The highest BCUT2D eigenvalue weighted by Gasteiger charge is 2.49. The van der Waals surface area contributed by atoms with Crippen LogP contribution in [0.5, 0.6) is 0 Å². The minimum absolute atomic E-state index is 0.154. The van der Waals surface area contributed by atoms with Crippen molar-refractivity contribution in [2.45, 2.75) is 5.92 Å². The van der Waals surface area contributed by atoms with E-state index in [4.69, 9.17) is 29.7 Å². The van der Waals surface area contributed by atoms with Crippen molar-refractivity contribution in [3.63, 3.8) is 0 Å². The molecule has 2 aliphatic rings. The van der Waals surface area contributed by atoms with Crippen molar-refractivity contribution in [3.8, 4) is 6.07 Å². The third-order valence-corrected chi connectivity index (χ3v) is 4.63. The Balaban J connectivity index is 2.10. The first-order valence-corrected chi connectivity index (χ1v) is 8.45. The monoisotopic (exact) mass is 401 g/mol. The number of nitrogens with one attached hydrogen (secondary N) is 4. The number of carbonyl (C=O) groups is 4. The fourth-order valence-corrected chi connectivity index (χ4v) is 3.47. The summed E-state index contributed by atoms with van der Waals surface area (Å²) in [4.78, 5) is 49.9. The lowest BCUT2D eigenvalue weighted by atomic mass is 9.74. The van der Waals surface area contributed by atoms with Crippen molar-refractivity contribution in [2.75, 3.05) is 0 Å². The van der Waals surface area contributed by atoms with Gasteiger partial charge in [-0.05, 0) is 42.1 Å². The minimum atomic E-state index is -1.39. The first-order chi connectivity index (χ1) is 12.8. The normalized spacial score (nSPS) is 18.5. The predicted molar refractivity (Wildman–Crippen MR) is 98.6 cm³/mol. The Morgan fingerprint density at radius 2 is 1.15 bits per heavy atom. The number of amides is 4. The first kappa shape index (κ1) is 18.6. The highest BCUT2D eigenvalue weighted by atomic mass is 32.1. The molecule has 1 aromatic carbocycles. The van der Waals surface area contributed by atoms with Gasteiger partial charge in [0.15, 0.2) is 10.2 Å². The molecule has 9 nitrogen and oxygen atoms in total. The van der Waals surface area contributed by atoms with Crippen molar-refractivity contribution in [2.24, 2.45) is 11.8 Å². The van der Waals surface area contributed by atoms with Crippen molar-refractivity contribution >= 4 is 58.3 Å². The van der Waals surface area contributed by atoms with Crippen molar-refractivity contribution < 1.29 is 19.2 Å². The Morgan fingerprint density at radius 3 is 1.48 bits per heavy atom. The van der Waals surface area contributed by atoms with Gasteiger partial charge in [-0.15, -0.1) is 0 Å². The number of hydrogen-bond donors (Lipinski definition) is 4. The van der Waals surface area contributed by atoms with Crippen LogP contribution >= 0.6 is 24.4 Å². The summed E-state index contributed by atoms with van der Waals surface area (Å²) in [6.45, 7) is 0. The van der Waals surface area contributed by atoms with Gasteiger partial charge in [0, 0.05) is 5.92 Å². The van der Waals surface area contributed by atoms with E-state index in [0.29, 0.717) is 11.1 Å². The highest BCUT2D eigenvalue weighted by Crippen LogP contribution is 2.35. The Hall–Kier alpha value is -3.23. The number of nitrogens with zero attached hydrogens (tertiary/aromatic N) is 1. The van der Waals surface area contributed by atoms with Gasteiger partial charge in [-0.3, -0.25) is 19.2 Å².